The van der Waals surface area contributed by atoms with Crippen molar-refractivity contribution in [1.82, 2.24) is 5.32 Å². The van der Waals surface area contributed by atoms with Gasteiger partial charge in [-0.25, -0.2) is 0 Å². The summed E-state index contributed by atoms with van der Waals surface area (Å²) >= 11 is 0. The van der Waals surface area contributed by atoms with Crippen LogP contribution < -0.4 is 5.32 Å². The van der Waals surface area contributed by atoms with E-state index in [9.17, 15) is 15.3 Å². The summed E-state index contributed by atoms with van der Waals surface area (Å²) in [6, 6.07) is 0. The van der Waals surface area contributed by atoms with Gasteiger partial charge in [-0.2, -0.15) is 0 Å². The molecule has 4 heteroatoms. The van der Waals surface area contributed by atoms with E-state index in [0.717, 1.165) is 19.4 Å². The summed E-state index contributed by atoms with van der Waals surface area (Å²) in [7, 11) is 0. The van der Waals surface area contributed by atoms with Crippen LogP contribution in [-0.2, 0) is 0 Å². The number of nitrogens with one attached hydrogen (secondary N) is 1. The van der Waals surface area contributed by atoms with Crippen LogP contribution in [0.5, 0.6) is 0 Å². The molecule has 0 amide bonds. The summed E-state index contributed by atoms with van der Waals surface area (Å²) < 4.78 is 0. The molecule has 2 saturated carbocycles. The molecule has 4 rings (SSSR count). The molecule has 0 aromatic rings. The maximum atomic E-state index is 10.4. The molecule has 0 bridgehead atoms. The lowest BCUT2D eigenvalue weighted by atomic mass is 9.53. The van der Waals surface area contributed by atoms with Crippen molar-refractivity contribution in [2.24, 2.45) is 22.7 Å². The molecule has 4 N–H and O–H groups in total. The second kappa shape index (κ2) is 4.67. The molecule has 122 valence electrons. The molecule has 1 heterocycles. The largest absolute Gasteiger partial charge is 0.390 e. The molecule has 3 unspecified atom stereocenters. The number of aliphatic hydroxyl groups is 3. The van der Waals surface area contributed by atoms with Gasteiger partial charge in [0.05, 0.1) is 12.2 Å². The van der Waals surface area contributed by atoms with Gasteiger partial charge in [0.1, 0.15) is 6.23 Å². The van der Waals surface area contributed by atoms with E-state index in [-0.39, 0.29) is 16.7 Å². The van der Waals surface area contributed by atoms with Crippen LogP contribution in [-0.4, -0.2) is 40.3 Å². The van der Waals surface area contributed by atoms with Crippen LogP contribution in [0.2, 0.25) is 0 Å². The van der Waals surface area contributed by atoms with E-state index in [1.165, 1.54) is 11.1 Å². The van der Waals surface area contributed by atoms with Crippen molar-refractivity contribution in [3.05, 3.63) is 23.3 Å². The fourth-order valence-electron chi connectivity index (χ4n) is 5.67. The lowest BCUT2D eigenvalue weighted by Gasteiger charge is -2.54. The predicted octanol–water partition coefficient (Wildman–Crippen LogP) is 1.33. The first-order chi connectivity index (χ1) is 10.4. The van der Waals surface area contributed by atoms with Gasteiger partial charge in [0.15, 0.2) is 0 Å². The minimum absolute atomic E-state index is 0.0587. The molecule has 4 aliphatic rings. The highest BCUT2D eigenvalue weighted by molar-refractivity contribution is 5.39. The summed E-state index contributed by atoms with van der Waals surface area (Å²) in [6.07, 6.45) is 6.17. The second-order valence-electron chi connectivity index (χ2n) is 8.27. The van der Waals surface area contributed by atoms with Gasteiger partial charge in [0.2, 0.25) is 0 Å². The Balaban J connectivity index is 1.74. The Morgan fingerprint density at radius 2 is 1.91 bits per heavy atom. The van der Waals surface area contributed by atoms with Gasteiger partial charge in [-0.1, -0.05) is 37.1 Å². The van der Waals surface area contributed by atoms with Gasteiger partial charge in [-0.3, -0.25) is 5.32 Å². The van der Waals surface area contributed by atoms with E-state index in [1.807, 2.05) is 0 Å². The molecule has 0 aromatic carbocycles. The predicted molar refractivity (Wildman–Crippen MR) is 83.9 cm³/mol. The highest BCUT2D eigenvalue weighted by atomic mass is 16.3. The lowest BCUT2D eigenvalue weighted by Crippen LogP contribution is -2.53. The van der Waals surface area contributed by atoms with Gasteiger partial charge in [0.25, 0.3) is 0 Å². The van der Waals surface area contributed by atoms with E-state index in [2.05, 4.69) is 31.3 Å². The molecule has 22 heavy (non-hydrogen) atoms. The monoisotopic (exact) mass is 305 g/mol. The molecule has 3 aliphatic carbocycles. The fourth-order valence-corrected chi connectivity index (χ4v) is 5.67. The van der Waals surface area contributed by atoms with E-state index >= 15 is 0 Å². The number of allylic oxidation sites excluding steroid dienone is 3. The molecule has 1 aliphatic heterocycles. The second-order valence-corrected chi connectivity index (χ2v) is 8.27. The number of aliphatic hydroxyl groups excluding tert-OH is 3. The first-order valence-electron chi connectivity index (χ1n) is 8.55. The molecule has 4 nitrogen and oxygen atoms in total. The molecule has 0 radical (unpaired) electrons. The topological polar surface area (TPSA) is 72.7 Å². The van der Waals surface area contributed by atoms with Crippen LogP contribution in [0.3, 0.4) is 0 Å². The number of rotatable bonds is 0. The van der Waals surface area contributed by atoms with Crippen LogP contribution in [0.1, 0.15) is 39.5 Å². The van der Waals surface area contributed by atoms with Crippen molar-refractivity contribution in [2.45, 2.75) is 58.0 Å². The lowest BCUT2D eigenvalue weighted by molar-refractivity contribution is -0.0376. The zero-order chi connectivity index (χ0) is 15.7. The third-order valence-electron chi connectivity index (χ3n) is 7.19. The molecule has 0 spiro atoms. The molecule has 7 atom stereocenters. The van der Waals surface area contributed by atoms with Crippen LogP contribution >= 0.6 is 0 Å². The van der Waals surface area contributed by atoms with Crippen molar-refractivity contribution >= 4 is 0 Å². The average molecular weight is 305 g/mol. The van der Waals surface area contributed by atoms with Crippen molar-refractivity contribution < 1.29 is 15.3 Å². The first kappa shape index (κ1) is 14.9. The molecular weight excluding hydrogens is 278 g/mol. The van der Waals surface area contributed by atoms with Gasteiger partial charge in [0, 0.05) is 23.8 Å². The number of hydrogen-bond acceptors (Lipinski definition) is 4. The highest BCUT2D eigenvalue weighted by Gasteiger charge is 2.58. The van der Waals surface area contributed by atoms with Crippen LogP contribution in [0, 0.1) is 22.7 Å². The van der Waals surface area contributed by atoms with Crippen molar-refractivity contribution in [3.63, 3.8) is 0 Å². The number of fused-ring (bicyclic) bond motifs is 5. The van der Waals surface area contributed by atoms with Gasteiger partial charge in [-0.05, 0) is 31.1 Å². The van der Waals surface area contributed by atoms with Crippen LogP contribution in [0.25, 0.3) is 0 Å². The first-order valence-corrected chi connectivity index (χ1v) is 8.55. The molecule has 3 fully saturated rings. The van der Waals surface area contributed by atoms with Gasteiger partial charge >= 0.3 is 0 Å². The minimum atomic E-state index is -0.608. The van der Waals surface area contributed by atoms with Crippen molar-refractivity contribution in [1.29, 1.82) is 0 Å². The number of hydrogen-bond donors (Lipinski definition) is 4. The van der Waals surface area contributed by atoms with Crippen molar-refractivity contribution in [3.8, 4) is 0 Å². The van der Waals surface area contributed by atoms with Gasteiger partial charge < -0.3 is 15.3 Å². The normalized spacial score (nSPS) is 54.0. The minimum Gasteiger partial charge on any atom is -0.390 e. The summed E-state index contributed by atoms with van der Waals surface area (Å²) in [5, 5.41) is 33.7. The smallest absolute Gasteiger partial charge is 0.108 e. The van der Waals surface area contributed by atoms with E-state index in [1.54, 1.807) is 0 Å². The van der Waals surface area contributed by atoms with E-state index in [4.69, 9.17) is 0 Å². The highest BCUT2D eigenvalue weighted by Crippen LogP contribution is 2.61. The summed E-state index contributed by atoms with van der Waals surface area (Å²) in [4.78, 5) is 0. The Morgan fingerprint density at radius 1 is 1.14 bits per heavy atom. The standard InChI is InChI=1S/C18H27NO3/c1-17-6-5-12-11(13(17)8-14(20)16(17)22)4-3-10-7-15(21)19-9-18(10,12)2/h3-4,12-16,19-22H,5-9H2,1-2H3/t12-,13+,14?,15?,16?,17+,18+/m1/s1. The zero-order valence-corrected chi connectivity index (χ0v) is 13.4. The van der Waals surface area contributed by atoms with E-state index < -0.39 is 18.4 Å². The Morgan fingerprint density at radius 3 is 2.68 bits per heavy atom. The van der Waals surface area contributed by atoms with Gasteiger partial charge in [-0.15, -0.1) is 0 Å². The SMILES string of the molecule is C[C@]12CNC(O)CC1=CC=C1[C@H]2CC[C@]2(C)C(O)C(O)C[C@@H]12. The Labute approximate surface area is 131 Å². The summed E-state index contributed by atoms with van der Waals surface area (Å²) in [6.45, 7) is 5.25. The van der Waals surface area contributed by atoms with Crippen molar-refractivity contribution in [2.75, 3.05) is 6.54 Å². The third-order valence-corrected chi connectivity index (χ3v) is 7.19. The zero-order valence-electron chi connectivity index (χ0n) is 13.4. The summed E-state index contributed by atoms with van der Waals surface area (Å²) in [5.41, 5.74) is 2.62. The third kappa shape index (κ3) is 1.78. The quantitative estimate of drug-likeness (QED) is 0.545. The molecule has 1 saturated heterocycles. The molecule has 0 aromatic heterocycles. The number of piperidine rings is 1. The Bertz CT molecular complexity index is 557. The Hall–Kier alpha value is -0.680. The Kier molecular flexibility index (Phi) is 3.16. The van der Waals surface area contributed by atoms with Crippen LogP contribution in [0.4, 0.5) is 0 Å². The maximum absolute atomic E-state index is 10.4. The summed E-state index contributed by atoms with van der Waals surface area (Å²) in [5.74, 6) is 0.737. The fraction of sp³-hybridized carbons (Fsp3) is 0.778. The average Bonchev–Trinajstić information content (AvgIpc) is 2.72. The van der Waals surface area contributed by atoms with Crippen LogP contribution in [0.15, 0.2) is 23.3 Å². The van der Waals surface area contributed by atoms with E-state index in [0.29, 0.717) is 18.8 Å². The molecular formula is C18H27NO3. The maximum Gasteiger partial charge on any atom is 0.108 e.